The van der Waals surface area contributed by atoms with Gasteiger partial charge in [-0.3, -0.25) is 4.79 Å². The van der Waals surface area contributed by atoms with Crippen LogP contribution in [0.1, 0.15) is 52.4 Å². The molecular formula is C16H30N4O. The van der Waals surface area contributed by atoms with Gasteiger partial charge < -0.3 is 15.5 Å². The van der Waals surface area contributed by atoms with Gasteiger partial charge in [-0.1, -0.05) is 19.8 Å². The van der Waals surface area contributed by atoms with Crippen molar-refractivity contribution in [2.75, 3.05) is 32.7 Å². The van der Waals surface area contributed by atoms with Crippen LogP contribution in [0.2, 0.25) is 0 Å². The lowest BCUT2D eigenvalue weighted by atomic mass is 9.89. The average molecular weight is 294 g/mol. The molecule has 0 aromatic carbocycles. The third-order valence-corrected chi connectivity index (χ3v) is 4.67. The molecule has 1 saturated carbocycles. The van der Waals surface area contributed by atoms with Gasteiger partial charge in [-0.05, 0) is 38.0 Å². The number of aliphatic imine (C=N–C) groups is 1. The summed E-state index contributed by atoms with van der Waals surface area (Å²) in [6.07, 6.45) is 7.50. The second-order valence-electron chi connectivity index (χ2n) is 6.65. The first kappa shape index (κ1) is 16.1. The highest BCUT2D eigenvalue weighted by molar-refractivity contribution is 5.85. The summed E-state index contributed by atoms with van der Waals surface area (Å²) in [4.78, 5) is 18.4. The molecule has 5 nitrogen and oxygen atoms in total. The predicted octanol–water partition coefficient (Wildman–Crippen LogP) is 1.74. The lowest BCUT2D eigenvalue weighted by Gasteiger charge is -2.25. The van der Waals surface area contributed by atoms with Gasteiger partial charge in [-0.25, -0.2) is 4.99 Å². The molecule has 0 spiro atoms. The Hall–Kier alpha value is -1.26. The van der Waals surface area contributed by atoms with Gasteiger partial charge in [0, 0.05) is 26.2 Å². The van der Waals surface area contributed by atoms with Crippen LogP contribution < -0.4 is 10.6 Å². The van der Waals surface area contributed by atoms with Crippen molar-refractivity contribution in [2.24, 2.45) is 10.4 Å². The topological polar surface area (TPSA) is 56.7 Å². The fourth-order valence-corrected chi connectivity index (χ4v) is 3.26. The van der Waals surface area contributed by atoms with Gasteiger partial charge in [0.1, 0.15) is 6.54 Å². The number of nitrogens with one attached hydrogen (secondary N) is 2. The Kier molecular flexibility index (Phi) is 5.88. The number of hydrogen-bond donors (Lipinski definition) is 2. The molecule has 2 fully saturated rings. The van der Waals surface area contributed by atoms with Crippen LogP contribution in [0.4, 0.5) is 0 Å². The van der Waals surface area contributed by atoms with Gasteiger partial charge in [0.05, 0.1) is 0 Å². The number of guanidine groups is 1. The fourth-order valence-electron chi connectivity index (χ4n) is 3.26. The van der Waals surface area contributed by atoms with Gasteiger partial charge in [0.15, 0.2) is 5.96 Å². The van der Waals surface area contributed by atoms with Crippen LogP contribution in [-0.4, -0.2) is 49.5 Å². The number of amides is 1. The van der Waals surface area contributed by atoms with Crippen LogP contribution >= 0.6 is 0 Å². The molecule has 0 aromatic heterocycles. The van der Waals surface area contributed by atoms with E-state index in [0.29, 0.717) is 5.41 Å². The zero-order chi connectivity index (χ0) is 15.1. The summed E-state index contributed by atoms with van der Waals surface area (Å²) in [5, 5.41) is 6.66. The van der Waals surface area contributed by atoms with Crippen LogP contribution in [0.25, 0.3) is 0 Å². The van der Waals surface area contributed by atoms with Crippen LogP contribution in [-0.2, 0) is 4.79 Å². The second kappa shape index (κ2) is 7.66. The Balaban J connectivity index is 1.81. The van der Waals surface area contributed by atoms with Crippen molar-refractivity contribution in [1.29, 1.82) is 0 Å². The van der Waals surface area contributed by atoms with E-state index >= 15 is 0 Å². The fraction of sp³-hybridized carbons (Fsp3) is 0.875. The van der Waals surface area contributed by atoms with Gasteiger partial charge in [0.2, 0.25) is 5.91 Å². The summed E-state index contributed by atoms with van der Waals surface area (Å²) in [6, 6.07) is 0. The van der Waals surface area contributed by atoms with Gasteiger partial charge in [-0.15, -0.1) is 0 Å². The predicted molar refractivity (Wildman–Crippen MR) is 86.4 cm³/mol. The van der Waals surface area contributed by atoms with E-state index in [1.165, 1.54) is 25.7 Å². The maximum absolute atomic E-state index is 12.0. The van der Waals surface area contributed by atoms with Crippen LogP contribution in [0.15, 0.2) is 4.99 Å². The highest BCUT2D eigenvalue weighted by atomic mass is 16.2. The molecule has 0 unspecified atom stereocenters. The molecule has 21 heavy (non-hydrogen) atoms. The normalized spacial score (nSPS) is 21.6. The summed E-state index contributed by atoms with van der Waals surface area (Å²) in [5.41, 5.74) is 0.384. The summed E-state index contributed by atoms with van der Waals surface area (Å²) in [5.74, 6) is 0.926. The van der Waals surface area contributed by atoms with Gasteiger partial charge >= 0.3 is 0 Å². The number of rotatable bonds is 5. The Labute approximate surface area is 128 Å². The van der Waals surface area contributed by atoms with E-state index in [9.17, 15) is 4.79 Å². The van der Waals surface area contributed by atoms with E-state index in [2.05, 4.69) is 29.5 Å². The standard InChI is InChI=1S/C16H30N4O/c1-3-17-15(19-13-16(2)8-4-5-9-16)18-12-14(21)20-10-6-7-11-20/h3-13H2,1-2H3,(H2,17,18,19). The van der Waals surface area contributed by atoms with Gasteiger partial charge in [0.25, 0.3) is 0 Å². The number of carbonyl (C=O) groups is 1. The minimum absolute atomic E-state index is 0.150. The molecule has 2 rings (SSSR count). The third-order valence-electron chi connectivity index (χ3n) is 4.67. The molecule has 2 N–H and O–H groups in total. The van der Waals surface area contributed by atoms with Crippen LogP contribution in [0, 0.1) is 5.41 Å². The third kappa shape index (κ3) is 4.90. The Morgan fingerprint density at radius 3 is 2.43 bits per heavy atom. The van der Waals surface area contributed by atoms with Gasteiger partial charge in [-0.2, -0.15) is 0 Å². The van der Waals surface area contributed by atoms with E-state index < -0.39 is 0 Å². The Morgan fingerprint density at radius 1 is 1.14 bits per heavy atom. The number of carbonyl (C=O) groups excluding carboxylic acids is 1. The van der Waals surface area contributed by atoms with E-state index in [0.717, 1.165) is 45.0 Å². The Bertz CT molecular complexity index is 368. The van der Waals surface area contributed by atoms with E-state index in [-0.39, 0.29) is 12.5 Å². The van der Waals surface area contributed by atoms with Crippen molar-refractivity contribution in [3.05, 3.63) is 0 Å². The Morgan fingerprint density at radius 2 is 1.81 bits per heavy atom. The highest BCUT2D eigenvalue weighted by Gasteiger charge is 2.28. The first-order chi connectivity index (χ1) is 10.1. The van der Waals surface area contributed by atoms with Crippen molar-refractivity contribution >= 4 is 11.9 Å². The van der Waals surface area contributed by atoms with Crippen LogP contribution in [0.3, 0.4) is 0 Å². The number of likely N-dealkylation sites (tertiary alicyclic amines) is 1. The van der Waals surface area contributed by atoms with Crippen molar-refractivity contribution < 1.29 is 4.79 Å². The largest absolute Gasteiger partial charge is 0.357 e. The molecule has 0 aromatic rings. The maximum Gasteiger partial charge on any atom is 0.244 e. The summed E-state index contributed by atoms with van der Waals surface area (Å²) >= 11 is 0. The lowest BCUT2D eigenvalue weighted by molar-refractivity contribution is -0.128. The van der Waals surface area contributed by atoms with Crippen molar-refractivity contribution in [2.45, 2.75) is 52.4 Å². The lowest BCUT2D eigenvalue weighted by Crippen LogP contribution is -2.43. The monoisotopic (exact) mass is 294 g/mol. The van der Waals surface area contributed by atoms with E-state index in [1.807, 2.05) is 4.90 Å². The van der Waals surface area contributed by atoms with Crippen LogP contribution in [0.5, 0.6) is 0 Å². The van der Waals surface area contributed by atoms with Crippen molar-refractivity contribution in [3.8, 4) is 0 Å². The minimum Gasteiger partial charge on any atom is -0.357 e. The molecule has 0 radical (unpaired) electrons. The molecule has 1 amide bonds. The zero-order valence-corrected chi connectivity index (χ0v) is 13.6. The second-order valence-corrected chi connectivity index (χ2v) is 6.65. The molecule has 1 saturated heterocycles. The SMILES string of the molecule is CCNC(=NCC(=O)N1CCCC1)NCC1(C)CCCC1. The minimum atomic E-state index is 0.150. The molecule has 1 aliphatic heterocycles. The average Bonchev–Trinajstić information content (AvgIpc) is 3.13. The highest BCUT2D eigenvalue weighted by Crippen LogP contribution is 2.36. The molecule has 1 aliphatic carbocycles. The number of hydrogen-bond acceptors (Lipinski definition) is 2. The molecule has 2 aliphatic rings. The van der Waals surface area contributed by atoms with E-state index in [4.69, 9.17) is 0 Å². The van der Waals surface area contributed by atoms with E-state index in [1.54, 1.807) is 0 Å². The summed E-state index contributed by atoms with van der Waals surface area (Å²) < 4.78 is 0. The summed E-state index contributed by atoms with van der Waals surface area (Å²) in [6.45, 7) is 8.21. The molecule has 5 heteroatoms. The first-order valence-electron chi connectivity index (χ1n) is 8.43. The van der Waals surface area contributed by atoms with Crippen molar-refractivity contribution in [1.82, 2.24) is 15.5 Å². The molecule has 0 bridgehead atoms. The maximum atomic E-state index is 12.0. The molecular weight excluding hydrogens is 264 g/mol. The first-order valence-corrected chi connectivity index (χ1v) is 8.43. The molecule has 0 atom stereocenters. The summed E-state index contributed by atoms with van der Waals surface area (Å²) in [7, 11) is 0. The molecule has 120 valence electrons. The zero-order valence-electron chi connectivity index (χ0n) is 13.6. The molecule has 1 heterocycles. The van der Waals surface area contributed by atoms with Crippen molar-refractivity contribution in [3.63, 3.8) is 0 Å². The smallest absolute Gasteiger partial charge is 0.244 e. The quantitative estimate of drug-likeness (QED) is 0.600. The number of nitrogens with zero attached hydrogens (tertiary/aromatic N) is 2.